The number of para-hydroxylation sites is 1. The van der Waals surface area contributed by atoms with Crippen LogP contribution in [0.3, 0.4) is 0 Å². The van der Waals surface area contributed by atoms with Gasteiger partial charge in [-0.25, -0.2) is 9.18 Å². The van der Waals surface area contributed by atoms with Gasteiger partial charge in [-0.3, -0.25) is 4.79 Å². The zero-order chi connectivity index (χ0) is 24.5. The number of anilines is 1. The molecule has 34 heavy (non-hydrogen) atoms. The fourth-order valence-electron chi connectivity index (χ4n) is 5.03. The van der Waals surface area contributed by atoms with E-state index in [0.29, 0.717) is 49.9 Å². The summed E-state index contributed by atoms with van der Waals surface area (Å²) >= 11 is 1.78. The van der Waals surface area contributed by atoms with Gasteiger partial charge in [-0.2, -0.15) is 0 Å². The van der Waals surface area contributed by atoms with Crippen molar-refractivity contribution >= 4 is 29.4 Å². The lowest BCUT2D eigenvalue weighted by atomic mass is 9.92. The van der Waals surface area contributed by atoms with Gasteiger partial charge in [0.05, 0.1) is 4.87 Å². The number of hydrogen-bond donors (Lipinski definition) is 1. The number of piperidine rings is 1. The van der Waals surface area contributed by atoms with E-state index in [0.717, 1.165) is 22.6 Å². The van der Waals surface area contributed by atoms with Crippen LogP contribution in [0.2, 0.25) is 0 Å². The number of benzene rings is 2. The molecule has 0 atom stereocenters. The van der Waals surface area contributed by atoms with Crippen LogP contribution in [-0.2, 0) is 0 Å². The second kappa shape index (κ2) is 9.98. The van der Waals surface area contributed by atoms with E-state index >= 15 is 0 Å². The Kier molecular flexibility index (Phi) is 7.22. The molecule has 1 N–H and O–H groups in total. The van der Waals surface area contributed by atoms with Gasteiger partial charge in [-0.05, 0) is 54.0 Å². The molecular weight excluding hydrogens is 449 g/mol. The molecule has 2 fully saturated rings. The Morgan fingerprint density at radius 3 is 2.18 bits per heavy atom. The fraction of sp³-hybridized carbons (Fsp3) is 0.481. The minimum absolute atomic E-state index is 0.0872. The van der Waals surface area contributed by atoms with E-state index in [4.69, 9.17) is 0 Å². The number of hydrogen-bond acceptors (Lipinski definition) is 3. The van der Waals surface area contributed by atoms with Crippen LogP contribution in [0.4, 0.5) is 14.9 Å². The minimum atomic E-state index is -0.402. The Bertz CT molecular complexity index is 1040. The van der Waals surface area contributed by atoms with Crippen molar-refractivity contribution in [2.75, 3.05) is 30.7 Å². The van der Waals surface area contributed by atoms with Crippen LogP contribution >= 0.6 is 11.8 Å². The first-order valence-corrected chi connectivity index (χ1v) is 13.1. The molecule has 2 aromatic rings. The first kappa shape index (κ1) is 24.6. The van der Waals surface area contributed by atoms with Crippen molar-refractivity contribution in [3.05, 3.63) is 65.0 Å². The van der Waals surface area contributed by atoms with Crippen molar-refractivity contribution in [1.29, 1.82) is 0 Å². The predicted octanol–water partition coefficient (Wildman–Crippen LogP) is 6.29. The van der Waals surface area contributed by atoms with Crippen LogP contribution in [0.25, 0.3) is 0 Å². The lowest BCUT2D eigenvalue weighted by Gasteiger charge is -2.44. The van der Waals surface area contributed by atoms with Crippen LogP contribution in [0.15, 0.2) is 42.5 Å². The predicted molar refractivity (Wildman–Crippen MR) is 137 cm³/mol. The molecule has 2 saturated heterocycles. The Morgan fingerprint density at radius 2 is 1.59 bits per heavy atom. The Balaban J connectivity index is 1.47. The summed E-state index contributed by atoms with van der Waals surface area (Å²) in [5.74, 6) is 0.926. The van der Waals surface area contributed by atoms with Crippen molar-refractivity contribution in [2.24, 2.45) is 0 Å². The number of carbonyl (C=O) groups is 2. The fourth-order valence-corrected chi connectivity index (χ4v) is 6.48. The minimum Gasteiger partial charge on any atom is -0.324 e. The third-order valence-corrected chi connectivity index (χ3v) is 8.48. The van der Waals surface area contributed by atoms with Crippen LogP contribution in [0, 0.1) is 5.82 Å². The molecule has 7 heteroatoms. The van der Waals surface area contributed by atoms with E-state index in [9.17, 15) is 14.0 Å². The number of rotatable bonds is 4. The summed E-state index contributed by atoms with van der Waals surface area (Å²) in [5, 5.41) is 3.21. The standard InChI is InChI=1S/C27H34FN3O2S/c1-18(2)22-9-6-10-23(19(3)4)24(22)29-26(33)30-13-11-27(12-14-30)31(15-16-34-27)25(32)20-7-5-8-21(28)17-20/h5-10,17-19H,11-16H2,1-4H3,(H,29,33). The maximum absolute atomic E-state index is 13.7. The maximum Gasteiger partial charge on any atom is 0.321 e. The van der Waals surface area contributed by atoms with Crippen molar-refractivity contribution in [2.45, 2.75) is 57.2 Å². The number of thioether (sulfide) groups is 1. The molecule has 2 heterocycles. The highest BCUT2D eigenvalue weighted by Gasteiger charge is 2.47. The molecule has 0 saturated carbocycles. The van der Waals surface area contributed by atoms with Crippen LogP contribution in [0.5, 0.6) is 0 Å². The van der Waals surface area contributed by atoms with Gasteiger partial charge in [0.15, 0.2) is 0 Å². The molecular formula is C27H34FN3O2S. The third kappa shape index (κ3) is 4.81. The number of urea groups is 1. The van der Waals surface area contributed by atoms with Crippen molar-refractivity contribution < 1.29 is 14.0 Å². The smallest absolute Gasteiger partial charge is 0.321 e. The number of nitrogens with zero attached hydrogens (tertiary/aromatic N) is 2. The Labute approximate surface area is 206 Å². The Morgan fingerprint density at radius 1 is 0.971 bits per heavy atom. The van der Waals surface area contributed by atoms with Gasteiger partial charge in [-0.15, -0.1) is 11.8 Å². The molecule has 4 rings (SSSR count). The number of halogens is 1. The normalized spacial score (nSPS) is 17.6. The zero-order valence-corrected chi connectivity index (χ0v) is 21.3. The molecule has 1 spiro atoms. The summed E-state index contributed by atoms with van der Waals surface area (Å²) in [5.41, 5.74) is 3.60. The van der Waals surface area contributed by atoms with Crippen LogP contribution in [0.1, 0.15) is 73.9 Å². The topological polar surface area (TPSA) is 52.7 Å². The van der Waals surface area contributed by atoms with Crippen molar-refractivity contribution in [3.63, 3.8) is 0 Å². The molecule has 0 aliphatic carbocycles. The summed E-state index contributed by atoms with van der Waals surface area (Å²) in [4.78, 5) is 29.9. The monoisotopic (exact) mass is 483 g/mol. The van der Waals surface area contributed by atoms with Crippen molar-refractivity contribution in [1.82, 2.24) is 9.80 Å². The lowest BCUT2D eigenvalue weighted by Crippen LogP contribution is -2.54. The van der Waals surface area contributed by atoms with Crippen LogP contribution in [-0.4, -0.2) is 52.0 Å². The lowest BCUT2D eigenvalue weighted by molar-refractivity contribution is 0.0585. The number of nitrogens with one attached hydrogen (secondary N) is 1. The summed E-state index contributed by atoms with van der Waals surface area (Å²) < 4.78 is 13.7. The molecule has 5 nitrogen and oxygen atoms in total. The van der Waals surface area contributed by atoms with E-state index in [1.54, 1.807) is 23.9 Å². The summed E-state index contributed by atoms with van der Waals surface area (Å²) in [6, 6.07) is 12.0. The highest BCUT2D eigenvalue weighted by atomic mass is 32.2. The van der Waals surface area contributed by atoms with E-state index in [2.05, 4.69) is 51.2 Å². The largest absolute Gasteiger partial charge is 0.324 e. The number of amides is 3. The van der Waals surface area contributed by atoms with Gasteiger partial charge in [0.2, 0.25) is 0 Å². The molecule has 2 aromatic carbocycles. The molecule has 2 aliphatic heterocycles. The number of carbonyl (C=O) groups excluding carboxylic acids is 2. The quantitative estimate of drug-likeness (QED) is 0.556. The van der Waals surface area contributed by atoms with Gasteiger partial charge >= 0.3 is 6.03 Å². The molecule has 0 bridgehead atoms. The van der Waals surface area contributed by atoms with Gasteiger partial charge in [-0.1, -0.05) is 52.0 Å². The second-order valence-corrected chi connectivity index (χ2v) is 11.3. The highest BCUT2D eigenvalue weighted by Crippen LogP contribution is 2.44. The van der Waals surface area contributed by atoms with Gasteiger partial charge < -0.3 is 15.1 Å². The molecule has 0 radical (unpaired) electrons. The third-order valence-electron chi connectivity index (χ3n) is 6.93. The molecule has 3 amide bonds. The van der Waals surface area contributed by atoms with E-state index in [1.807, 2.05) is 9.80 Å². The molecule has 2 aliphatic rings. The first-order chi connectivity index (χ1) is 16.2. The second-order valence-electron chi connectivity index (χ2n) is 9.80. The summed E-state index contributed by atoms with van der Waals surface area (Å²) in [7, 11) is 0. The highest BCUT2D eigenvalue weighted by molar-refractivity contribution is 8.00. The summed E-state index contributed by atoms with van der Waals surface area (Å²) in [6.45, 7) is 10.4. The van der Waals surface area contributed by atoms with Gasteiger partial charge in [0.25, 0.3) is 5.91 Å². The van der Waals surface area contributed by atoms with E-state index in [1.165, 1.54) is 12.1 Å². The SMILES string of the molecule is CC(C)c1cccc(C(C)C)c1NC(=O)N1CCC2(CC1)SCCN2C(=O)c1cccc(F)c1. The maximum atomic E-state index is 13.7. The van der Waals surface area contributed by atoms with Gasteiger partial charge in [0, 0.05) is 36.6 Å². The van der Waals surface area contributed by atoms with Gasteiger partial charge in [0.1, 0.15) is 5.82 Å². The molecule has 0 aromatic heterocycles. The van der Waals surface area contributed by atoms with Crippen molar-refractivity contribution in [3.8, 4) is 0 Å². The zero-order valence-electron chi connectivity index (χ0n) is 20.4. The molecule has 182 valence electrons. The Hall–Kier alpha value is -2.54. The average Bonchev–Trinajstić information content (AvgIpc) is 3.21. The molecule has 0 unspecified atom stereocenters. The average molecular weight is 484 g/mol. The summed E-state index contributed by atoms with van der Waals surface area (Å²) in [6.07, 6.45) is 1.41. The first-order valence-electron chi connectivity index (χ1n) is 12.1. The van der Waals surface area contributed by atoms with Crippen LogP contribution < -0.4 is 5.32 Å². The number of likely N-dealkylation sites (tertiary alicyclic amines) is 1. The van der Waals surface area contributed by atoms with E-state index in [-0.39, 0.29) is 16.8 Å². The van der Waals surface area contributed by atoms with E-state index < -0.39 is 5.82 Å².